The van der Waals surface area contributed by atoms with E-state index in [0.717, 1.165) is 34.7 Å². The Morgan fingerprint density at radius 2 is 1.95 bits per heavy atom. The van der Waals surface area contributed by atoms with Gasteiger partial charge in [-0.05, 0) is 12.5 Å². The third-order valence-corrected chi connectivity index (χ3v) is 3.18. The second kappa shape index (κ2) is 5.22. The van der Waals surface area contributed by atoms with Gasteiger partial charge >= 0.3 is 0 Å². The fraction of sp³-hybridized carbons (Fsp3) is 0.357. The molecule has 0 aliphatic carbocycles. The molecule has 2 N–H and O–H groups in total. The number of aromatic nitrogens is 2. The second-order valence-corrected chi connectivity index (χ2v) is 4.29. The van der Waals surface area contributed by atoms with E-state index in [4.69, 9.17) is 15.2 Å². The van der Waals surface area contributed by atoms with Gasteiger partial charge in [-0.2, -0.15) is 5.10 Å². The topological polar surface area (TPSA) is 62.3 Å². The average Bonchev–Trinajstić information content (AvgIpc) is 2.76. The van der Waals surface area contributed by atoms with Crippen molar-refractivity contribution in [3.8, 4) is 22.8 Å². The van der Waals surface area contributed by atoms with Crippen LogP contribution in [0.5, 0.6) is 11.5 Å². The number of nitrogens with two attached hydrogens (primary N) is 1. The highest BCUT2D eigenvalue weighted by atomic mass is 16.5. The Balaban J connectivity index is 2.65. The molecule has 102 valence electrons. The lowest BCUT2D eigenvalue weighted by Gasteiger charge is -2.13. The number of methoxy groups -OCH3 is 2. The van der Waals surface area contributed by atoms with Gasteiger partial charge in [0.2, 0.25) is 0 Å². The molecule has 0 fully saturated rings. The number of rotatable bonds is 4. The number of benzene rings is 1. The fourth-order valence-corrected chi connectivity index (χ4v) is 2.13. The lowest BCUT2D eigenvalue weighted by molar-refractivity contribution is 0.391. The number of hydrogen-bond donors (Lipinski definition) is 1. The van der Waals surface area contributed by atoms with Gasteiger partial charge in [-0.25, -0.2) is 0 Å². The molecule has 1 aromatic carbocycles. The predicted octanol–water partition coefficient (Wildman–Crippen LogP) is 2.25. The van der Waals surface area contributed by atoms with Gasteiger partial charge in [-0.15, -0.1) is 0 Å². The van der Waals surface area contributed by atoms with Crippen molar-refractivity contribution in [1.82, 2.24) is 9.78 Å². The number of ether oxygens (including phenoxy) is 2. The van der Waals surface area contributed by atoms with Crippen LogP contribution in [-0.4, -0.2) is 24.0 Å². The van der Waals surface area contributed by atoms with Crippen molar-refractivity contribution >= 4 is 5.82 Å². The van der Waals surface area contributed by atoms with Crippen molar-refractivity contribution in [2.45, 2.75) is 13.3 Å². The summed E-state index contributed by atoms with van der Waals surface area (Å²) in [4.78, 5) is 0. The highest BCUT2D eigenvalue weighted by Crippen LogP contribution is 2.35. The maximum Gasteiger partial charge on any atom is 0.126 e. The van der Waals surface area contributed by atoms with Crippen molar-refractivity contribution in [2.75, 3.05) is 20.0 Å². The zero-order valence-corrected chi connectivity index (χ0v) is 11.7. The Morgan fingerprint density at radius 3 is 2.42 bits per heavy atom. The van der Waals surface area contributed by atoms with Crippen LogP contribution in [0.2, 0.25) is 0 Å². The summed E-state index contributed by atoms with van der Waals surface area (Å²) in [7, 11) is 5.11. The molecule has 0 saturated carbocycles. The van der Waals surface area contributed by atoms with Gasteiger partial charge in [0.05, 0.1) is 19.9 Å². The van der Waals surface area contributed by atoms with E-state index in [1.807, 2.05) is 25.2 Å². The van der Waals surface area contributed by atoms with Gasteiger partial charge in [0.25, 0.3) is 0 Å². The monoisotopic (exact) mass is 261 g/mol. The number of nitrogen functional groups attached to an aromatic ring is 1. The molecule has 19 heavy (non-hydrogen) atoms. The Kier molecular flexibility index (Phi) is 3.64. The van der Waals surface area contributed by atoms with E-state index < -0.39 is 0 Å². The highest BCUT2D eigenvalue weighted by molar-refractivity contribution is 5.71. The fourth-order valence-electron chi connectivity index (χ4n) is 2.13. The number of aryl methyl sites for hydroxylation is 1. The molecule has 0 bridgehead atoms. The predicted molar refractivity (Wildman–Crippen MR) is 75.5 cm³/mol. The molecule has 1 aromatic heterocycles. The third kappa shape index (κ3) is 2.36. The van der Waals surface area contributed by atoms with Gasteiger partial charge in [0.15, 0.2) is 0 Å². The highest BCUT2D eigenvalue weighted by Gasteiger charge is 2.15. The first-order chi connectivity index (χ1) is 9.10. The Hall–Kier alpha value is -2.17. The van der Waals surface area contributed by atoms with E-state index in [1.54, 1.807) is 18.9 Å². The number of nitrogens with zero attached hydrogens (tertiary/aromatic N) is 2. The van der Waals surface area contributed by atoms with E-state index in [-0.39, 0.29) is 0 Å². The zero-order valence-electron chi connectivity index (χ0n) is 11.7. The summed E-state index contributed by atoms with van der Waals surface area (Å²) in [6, 6.07) is 5.70. The summed E-state index contributed by atoms with van der Waals surface area (Å²) >= 11 is 0. The van der Waals surface area contributed by atoms with Crippen molar-refractivity contribution in [3.63, 3.8) is 0 Å². The molecule has 0 atom stereocenters. The minimum Gasteiger partial charge on any atom is -0.497 e. The van der Waals surface area contributed by atoms with E-state index in [2.05, 4.69) is 12.0 Å². The molecule has 0 spiro atoms. The Bertz CT molecular complexity index is 571. The molecule has 0 aliphatic rings. The van der Waals surface area contributed by atoms with Gasteiger partial charge in [-0.3, -0.25) is 4.68 Å². The molecule has 2 aromatic rings. The van der Waals surface area contributed by atoms with Gasteiger partial charge in [0, 0.05) is 30.3 Å². The zero-order chi connectivity index (χ0) is 14.0. The van der Waals surface area contributed by atoms with Crippen molar-refractivity contribution < 1.29 is 9.47 Å². The molecule has 0 unspecified atom stereocenters. The van der Waals surface area contributed by atoms with Crippen LogP contribution in [-0.2, 0) is 13.5 Å². The van der Waals surface area contributed by atoms with Crippen LogP contribution in [0, 0.1) is 0 Å². The molecule has 5 nitrogen and oxygen atoms in total. The summed E-state index contributed by atoms with van der Waals surface area (Å²) in [5.41, 5.74) is 8.77. The van der Waals surface area contributed by atoms with Crippen LogP contribution in [0.1, 0.15) is 12.5 Å². The first-order valence-electron chi connectivity index (χ1n) is 6.15. The Labute approximate surface area is 112 Å². The van der Waals surface area contributed by atoms with E-state index in [0.29, 0.717) is 5.82 Å². The first kappa shape index (κ1) is 13.3. The summed E-state index contributed by atoms with van der Waals surface area (Å²) in [6.07, 6.45) is 0.846. The largest absolute Gasteiger partial charge is 0.497 e. The summed E-state index contributed by atoms with van der Waals surface area (Å²) in [6.45, 7) is 2.08. The average molecular weight is 261 g/mol. The second-order valence-electron chi connectivity index (χ2n) is 4.29. The molecular formula is C14H19N3O2. The van der Waals surface area contributed by atoms with Crippen molar-refractivity contribution in [2.24, 2.45) is 7.05 Å². The smallest absolute Gasteiger partial charge is 0.126 e. The molecule has 1 heterocycles. The Morgan fingerprint density at radius 1 is 1.21 bits per heavy atom. The van der Waals surface area contributed by atoms with Gasteiger partial charge in [0.1, 0.15) is 17.3 Å². The minimum absolute atomic E-state index is 0.624. The molecule has 5 heteroatoms. The lowest BCUT2D eigenvalue weighted by atomic mass is 10.0. The van der Waals surface area contributed by atoms with Gasteiger partial charge < -0.3 is 15.2 Å². The van der Waals surface area contributed by atoms with Gasteiger partial charge in [-0.1, -0.05) is 6.92 Å². The van der Waals surface area contributed by atoms with E-state index in [1.165, 1.54) is 0 Å². The first-order valence-corrected chi connectivity index (χ1v) is 6.15. The maximum atomic E-state index is 5.85. The quantitative estimate of drug-likeness (QED) is 0.917. The summed E-state index contributed by atoms with van der Waals surface area (Å²) in [5, 5.41) is 4.42. The molecular weight excluding hydrogens is 242 g/mol. The maximum absolute atomic E-state index is 5.85. The van der Waals surface area contributed by atoms with Crippen LogP contribution in [0.4, 0.5) is 5.82 Å². The van der Waals surface area contributed by atoms with Crippen LogP contribution >= 0.6 is 0 Å². The lowest BCUT2D eigenvalue weighted by Crippen LogP contribution is -1.98. The number of hydrogen-bond acceptors (Lipinski definition) is 4. The van der Waals surface area contributed by atoms with Crippen LogP contribution < -0.4 is 15.2 Å². The van der Waals surface area contributed by atoms with Crippen LogP contribution in [0.3, 0.4) is 0 Å². The van der Waals surface area contributed by atoms with Crippen molar-refractivity contribution in [1.29, 1.82) is 0 Å². The van der Waals surface area contributed by atoms with E-state index in [9.17, 15) is 0 Å². The standard InChI is InChI=1S/C14H19N3O2/c1-5-10-11(12-8-14(15)17(2)16-12)6-9(18-3)7-13(10)19-4/h6-8H,5,15H2,1-4H3. The summed E-state index contributed by atoms with van der Waals surface area (Å²) in [5.74, 6) is 2.17. The van der Waals surface area contributed by atoms with Crippen LogP contribution in [0.15, 0.2) is 18.2 Å². The molecule has 0 amide bonds. The van der Waals surface area contributed by atoms with Crippen LogP contribution in [0.25, 0.3) is 11.3 Å². The summed E-state index contributed by atoms with van der Waals surface area (Å²) < 4.78 is 12.4. The number of anilines is 1. The van der Waals surface area contributed by atoms with Crippen molar-refractivity contribution in [3.05, 3.63) is 23.8 Å². The molecule has 0 aliphatic heterocycles. The molecule has 0 radical (unpaired) electrons. The SMILES string of the molecule is CCc1c(OC)cc(OC)cc1-c1cc(N)n(C)n1. The molecule has 2 rings (SSSR count). The van der Waals surface area contributed by atoms with E-state index >= 15 is 0 Å². The minimum atomic E-state index is 0.624. The third-order valence-electron chi connectivity index (χ3n) is 3.18. The normalized spacial score (nSPS) is 10.5. The molecule has 0 saturated heterocycles.